The van der Waals surface area contributed by atoms with Gasteiger partial charge in [0.05, 0.1) is 5.71 Å². The minimum absolute atomic E-state index is 0.110. The first-order valence-corrected chi connectivity index (χ1v) is 10.6. The molecular formula is C22H35NO2. The molecule has 0 aromatic carbocycles. The van der Waals surface area contributed by atoms with Crippen molar-refractivity contribution in [2.75, 3.05) is 6.61 Å². The molecular weight excluding hydrogens is 310 g/mol. The van der Waals surface area contributed by atoms with Gasteiger partial charge >= 0.3 is 0 Å². The maximum absolute atomic E-state index is 12.1. The van der Waals surface area contributed by atoms with Gasteiger partial charge in [0, 0.05) is 18.9 Å². The van der Waals surface area contributed by atoms with Crippen LogP contribution in [0.5, 0.6) is 0 Å². The Labute approximate surface area is 152 Å². The minimum atomic E-state index is 0.110. The van der Waals surface area contributed by atoms with Gasteiger partial charge in [0.1, 0.15) is 0 Å². The molecule has 2 unspecified atom stereocenters. The highest BCUT2D eigenvalue weighted by Gasteiger charge is 2.61. The van der Waals surface area contributed by atoms with Crippen LogP contribution in [0.3, 0.4) is 0 Å². The summed E-state index contributed by atoms with van der Waals surface area (Å²) in [6.45, 7) is 7.47. The van der Waals surface area contributed by atoms with Crippen molar-refractivity contribution in [3.05, 3.63) is 0 Å². The van der Waals surface area contributed by atoms with Gasteiger partial charge in [0.15, 0.2) is 5.78 Å². The van der Waals surface area contributed by atoms with Crippen LogP contribution in [0.15, 0.2) is 0 Å². The highest BCUT2D eigenvalue weighted by Crippen LogP contribution is 2.67. The summed E-state index contributed by atoms with van der Waals surface area (Å²) >= 11 is 0. The van der Waals surface area contributed by atoms with Crippen LogP contribution < -0.4 is 0 Å². The van der Waals surface area contributed by atoms with Gasteiger partial charge in [-0.05, 0) is 85.4 Å². The summed E-state index contributed by atoms with van der Waals surface area (Å²) in [5.74, 6) is 3.67. The second-order valence-electron chi connectivity index (χ2n) is 10.2. The van der Waals surface area contributed by atoms with E-state index in [1.54, 1.807) is 0 Å². The third-order valence-corrected chi connectivity index (χ3v) is 9.46. The van der Waals surface area contributed by atoms with Crippen molar-refractivity contribution in [1.29, 1.82) is 5.41 Å². The fraction of sp³-hybridized carbons (Fsp3) is 0.909. The first-order valence-electron chi connectivity index (χ1n) is 10.6. The van der Waals surface area contributed by atoms with E-state index in [0.29, 0.717) is 41.9 Å². The van der Waals surface area contributed by atoms with Crippen LogP contribution in [-0.2, 0) is 4.79 Å². The number of fused-ring (bicyclic) bond motifs is 5. The Morgan fingerprint density at radius 1 is 1.08 bits per heavy atom. The van der Waals surface area contributed by atoms with Crippen LogP contribution in [-0.4, -0.2) is 23.2 Å². The molecule has 4 aliphatic rings. The lowest BCUT2D eigenvalue weighted by Crippen LogP contribution is -2.56. The second-order valence-corrected chi connectivity index (χ2v) is 10.2. The molecule has 4 saturated carbocycles. The molecule has 0 amide bonds. The number of carbonyl (C=O) groups excluding carboxylic acids is 1. The normalized spacial score (nSPS) is 50.8. The average Bonchev–Trinajstić information content (AvgIpc) is 2.95. The van der Waals surface area contributed by atoms with Gasteiger partial charge in [-0.15, -0.1) is 0 Å². The molecule has 2 N–H and O–H groups in total. The molecule has 3 heteroatoms. The van der Waals surface area contributed by atoms with Crippen molar-refractivity contribution in [2.24, 2.45) is 46.3 Å². The summed E-state index contributed by atoms with van der Waals surface area (Å²) < 4.78 is 0. The van der Waals surface area contributed by atoms with E-state index in [4.69, 9.17) is 5.41 Å². The molecule has 25 heavy (non-hydrogen) atoms. The Morgan fingerprint density at radius 3 is 2.52 bits per heavy atom. The van der Waals surface area contributed by atoms with Gasteiger partial charge in [-0.1, -0.05) is 20.8 Å². The zero-order valence-corrected chi connectivity index (χ0v) is 16.2. The van der Waals surface area contributed by atoms with Crippen molar-refractivity contribution in [2.45, 2.75) is 72.1 Å². The monoisotopic (exact) mass is 345 g/mol. The van der Waals surface area contributed by atoms with Crippen LogP contribution in [0, 0.1) is 51.7 Å². The summed E-state index contributed by atoms with van der Waals surface area (Å²) in [5.41, 5.74) is 1.01. The van der Waals surface area contributed by atoms with Gasteiger partial charge in [0.2, 0.25) is 0 Å². The summed E-state index contributed by atoms with van der Waals surface area (Å²) in [4.78, 5) is 12.1. The van der Waals surface area contributed by atoms with Crippen molar-refractivity contribution in [3.8, 4) is 0 Å². The molecule has 3 nitrogen and oxygen atoms in total. The van der Waals surface area contributed by atoms with Crippen LogP contribution >= 0.6 is 0 Å². The van der Waals surface area contributed by atoms with E-state index in [1.165, 1.54) is 32.1 Å². The Balaban J connectivity index is 1.62. The Bertz CT molecular complexity index is 587. The topological polar surface area (TPSA) is 61.1 Å². The van der Waals surface area contributed by atoms with Crippen molar-refractivity contribution < 1.29 is 9.90 Å². The number of nitrogens with one attached hydrogen (secondary N) is 1. The quantitative estimate of drug-likeness (QED) is 0.775. The molecule has 4 fully saturated rings. The molecule has 4 aliphatic carbocycles. The SMILES string of the molecule is CC(CO)[C@H]1CC[C@H]2[C@@H]3CCC4C(=N)C(=O)CC[C@]4(C)[C@H]3CC[C@]12C. The smallest absolute Gasteiger partial charge is 0.176 e. The molecule has 4 rings (SSSR count). The number of aliphatic hydroxyl groups is 1. The van der Waals surface area contributed by atoms with E-state index < -0.39 is 0 Å². The molecule has 8 atom stereocenters. The van der Waals surface area contributed by atoms with Crippen LogP contribution in [0.25, 0.3) is 0 Å². The van der Waals surface area contributed by atoms with E-state index >= 15 is 0 Å². The van der Waals surface area contributed by atoms with E-state index in [1.807, 2.05) is 0 Å². The number of carbonyl (C=O) groups is 1. The summed E-state index contributed by atoms with van der Waals surface area (Å²) in [7, 11) is 0. The third-order valence-electron chi connectivity index (χ3n) is 9.46. The Kier molecular flexibility index (Phi) is 4.18. The average molecular weight is 346 g/mol. The number of rotatable bonds is 2. The van der Waals surface area contributed by atoms with E-state index in [-0.39, 0.29) is 17.1 Å². The predicted octanol–water partition coefficient (Wildman–Crippen LogP) is 4.47. The standard InChI is InChI=1S/C22H35NO2/c1-13(12-24)15-6-7-16-14-4-5-18-20(23)19(25)9-11-22(18,3)17(14)8-10-21(15,16)2/h13-18,23-24H,4-12H2,1-3H3/t13?,14-,15+,16-,17-,18?,21+,22+/m0/s1. The van der Waals surface area contributed by atoms with E-state index in [2.05, 4.69) is 20.8 Å². The van der Waals surface area contributed by atoms with Gasteiger partial charge in [-0.3, -0.25) is 4.79 Å². The molecule has 0 aromatic heterocycles. The molecule has 0 aliphatic heterocycles. The Hall–Kier alpha value is -0.700. The lowest BCUT2D eigenvalue weighted by Gasteiger charge is -2.60. The van der Waals surface area contributed by atoms with Gasteiger partial charge < -0.3 is 10.5 Å². The highest BCUT2D eigenvalue weighted by atomic mass is 16.3. The van der Waals surface area contributed by atoms with Crippen LogP contribution in [0.1, 0.15) is 72.1 Å². The molecule has 140 valence electrons. The van der Waals surface area contributed by atoms with Gasteiger partial charge in [0.25, 0.3) is 0 Å². The number of aliphatic hydroxyl groups excluding tert-OH is 1. The molecule has 0 heterocycles. The Morgan fingerprint density at radius 2 is 1.80 bits per heavy atom. The largest absolute Gasteiger partial charge is 0.396 e. The minimum Gasteiger partial charge on any atom is -0.396 e. The zero-order chi connectivity index (χ0) is 18.0. The molecule has 0 aromatic rings. The first kappa shape index (κ1) is 17.7. The summed E-state index contributed by atoms with van der Waals surface area (Å²) in [6.07, 6.45) is 9.00. The predicted molar refractivity (Wildman–Crippen MR) is 99.6 cm³/mol. The molecule has 0 saturated heterocycles. The first-order chi connectivity index (χ1) is 11.8. The maximum Gasteiger partial charge on any atom is 0.176 e. The van der Waals surface area contributed by atoms with Gasteiger partial charge in [-0.25, -0.2) is 0 Å². The highest BCUT2D eigenvalue weighted by molar-refractivity contribution is 6.40. The number of hydrogen-bond acceptors (Lipinski definition) is 3. The van der Waals surface area contributed by atoms with E-state index in [0.717, 1.165) is 24.7 Å². The fourth-order valence-corrected chi connectivity index (χ4v) is 8.10. The van der Waals surface area contributed by atoms with E-state index in [9.17, 15) is 9.90 Å². The number of hydrogen-bond donors (Lipinski definition) is 2. The number of ketones is 1. The van der Waals surface area contributed by atoms with Crippen molar-refractivity contribution in [1.82, 2.24) is 0 Å². The van der Waals surface area contributed by atoms with Crippen LogP contribution in [0.2, 0.25) is 0 Å². The lowest BCUT2D eigenvalue weighted by atomic mass is 9.44. The lowest BCUT2D eigenvalue weighted by molar-refractivity contribution is -0.123. The van der Waals surface area contributed by atoms with Crippen molar-refractivity contribution in [3.63, 3.8) is 0 Å². The maximum atomic E-state index is 12.1. The van der Waals surface area contributed by atoms with Crippen LogP contribution in [0.4, 0.5) is 0 Å². The summed E-state index contributed by atoms with van der Waals surface area (Å²) in [5, 5.41) is 18.1. The summed E-state index contributed by atoms with van der Waals surface area (Å²) in [6, 6.07) is 0. The molecule has 0 radical (unpaired) electrons. The van der Waals surface area contributed by atoms with Gasteiger partial charge in [-0.2, -0.15) is 0 Å². The second kappa shape index (κ2) is 5.90. The zero-order valence-electron chi connectivity index (χ0n) is 16.2. The molecule has 0 bridgehead atoms. The number of Topliss-reactive ketones (excluding diaryl/α,β-unsaturated/α-hetero) is 1. The molecule has 0 spiro atoms. The fourth-order valence-electron chi connectivity index (χ4n) is 8.10. The third kappa shape index (κ3) is 2.33. The van der Waals surface area contributed by atoms with Crippen molar-refractivity contribution >= 4 is 11.5 Å².